The quantitative estimate of drug-likeness (QED) is 0.712. The van der Waals surface area contributed by atoms with Crippen molar-refractivity contribution in [2.24, 2.45) is 11.1 Å². The van der Waals surface area contributed by atoms with Gasteiger partial charge in [-0.1, -0.05) is 6.42 Å². The first kappa shape index (κ1) is 13.3. The summed E-state index contributed by atoms with van der Waals surface area (Å²) in [4.78, 5) is 25.2. The second-order valence-electron chi connectivity index (χ2n) is 5.83. The molecule has 2 saturated carbocycles. The summed E-state index contributed by atoms with van der Waals surface area (Å²) >= 11 is 0. The number of carbonyl (C=O) groups is 2. The third-order valence-electron chi connectivity index (χ3n) is 4.12. The van der Waals surface area contributed by atoms with E-state index in [0.29, 0.717) is 19.0 Å². The smallest absolute Gasteiger partial charge is 0.239 e. The molecule has 18 heavy (non-hydrogen) atoms. The molecule has 5 heteroatoms. The minimum absolute atomic E-state index is 0.0122. The molecule has 3 N–H and O–H groups in total. The van der Waals surface area contributed by atoms with Crippen LogP contribution < -0.4 is 11.1 Å². The molecule has 0 atom stereocenters. The van der Waals surface area contributed by atoms with Crippen LogP contribution in [0.3, 0.4) is 0 Å². The summed E-state index contributed by atoms with van der Waals surface area (Å²) in [5.41, 5.74) is 5.75. The van der Waals surface area contributed by atoms with E-state index in [2.05, 4.69) is 5.32 Å². The number of nitrogens with one attached hydrogen (secondary N) is 1. The van der Waals surface area contributed by atoms with Gasteiger partial charge in [0.1, 0.15) is 0 Å². The fourth-order valence-electron chi connectivity index (χ4n) is 2.39. The van der Waals surface area contributed by atoms with Crippen molar-refractivity contribution in [3.63, 3.8) is 0 Å². The van der Waals surface area contributed by atoms with Crippen molar-refractivity contribution in [3.8, 4) is 0 Å². The van der Waals surface area contributed by atoms with Crippen molar-refractivity contribution in [3.05, 3.63) is 0 Å². The number of hydrogen-bond acceptors (Lipinski definition) is 3. The van der Waals surface area contributed by atoms with Gasteiger partial charge in [0, 0.05) is 19.5 Å². The van der Waals surface area contributed by atoms with Gasteiger partial charge in [-0.25, -0.2) is 0 Å². The first-order valence-corrected chi connectivity index (χ1v) is 6.78. The van der Waals surface area contributed by atoms with E-state index in [9.17, 15) is 9.59 Å². The Balaban J connectivity index is 1.75. The van der Waals surface area contributed by atoms with E-state index in [1.165, 1.54) is 4.90 Å². The molecular weight excluding hydrogens is 230 g/mol. The third kappa shape index (κ3) is 3.22. The maximum absolute atomic E-state index is 12.0. The van der Waals surface area contributed by atoms with Gasteiger partial charge < -0.3 is 16.0 Å². The van der Waals surface area contributed by atoms with Crippen LogP contribution in [0.25, 0.3) is 0 Å². The second-order valence-corrected chi connectivity index (χ2v) is 5.83. The van der Waals surface area contributed by atoms with Crippen LogP contribution >= 0.6 is 0 Å². The molecule has 0 heterocycles. The monoisotopic (exact) mass is 253 g/mol. The summed E-state index contributed by atoms with van der Waals surface area (Å²) in [6.07, 6.45) is 5.86. The molecule has 0 saturated heterocycles. The standard InChI is InChI=1S/C13H23N3O2/c1-16(8-11(17)15-10-3-4-10)12(18)7-13(9-14)5-2-6-13/h10H,2-9,14H2,1H3,(H,15,17). The Morgan fingerprint density at radius 1 is 1.39 bits per heavy atom. The van der Waals surface area contributed by atoms with E-state index < -0.39 is 0 Å². The van der Waals surface area contributed by atoms with Crippen LogP contribution in [0, 0.1) is 5.41 Å². The van der Waals surface area contributed by atoms with Crippen LogP contribution in [0.4, 0.5) is 0 Å². The molecule has 0 bridgehead atoms. The lowest BCUT2D eigenvalue weighted by Crippen LogP contribution is -2.45. The molecule has 5 nitrogen and oxygen atoms in total. The topological polar surface area (TPSA) is 75.4 Å². The number of likely N-dealkylation sites (N-methyl/N-ethyl adjacent to an activating group) is 1. The fourth-order valence-corrected chi connectivity index (χ4v) is 2.39. The number of nitrogens with two attached hydrogens (primary N) is 1. The SMILES string of the molecule is CN(CC(=O)NC1CC1)C(=O)CC1(CN)CCC1. The summed E-state index contributed by atoms with van der Waals surface area (Å²) in [6, 6.07) is 0.350. The molecule has 2 rings (SSSR count). The second kappa shape index (κ2) is 5.26. The Morgan fingerprint density at radius 3 is 2.50 bits per heavy atom. The fraction of sp³-hybridized carbons (Fsp3) is 0.846. The number of amides is 2. The zero-order chi connectivity index (χ0) is 13.2. The highest BCUT2D eigenvalue weighted by molar-refractivity contribution is 5.85. The van der Waals surface area contributed by atoms with Crippen molar-refractivity contribution in [2.45, 2.75) is 44.6 Å². The summed E-state index contributed by atoms with van der Waals surface area (Å²) in [6.45, 7) is 0.733. The van der Waals surface area contributed by atoms with Crippen LogP contribution in [-0.2, 0) is 9.59 Å². The van der Waals surface area contributed by atoms with Crippen molar-refractivity contribution in [1.29, 1.82) is 0 Å². The van der Waals surface area contributed by atoms with Crippen molar-refractivity contribution < 1.29 is 9.59 Å². The lowest BCUT2D eigenvalue weighted by atomic mass is 9.66. The van der Waals surface area contributed by atoms with E-state index in [1.54, 1.807) is 7.05 Å². The Hall–Kier alpha value is -1.10. The number of carbonyl (C=O) groups excluding carboxylic acids is 2. The van der Waals surface area contributed by atoms with E-state index >= 15 is 0 Å². The predicted molar refractivity (Wildman–Crippen MR) is 68.8 cm³/mol. The molecule has 2 aliphatic rings. The van der Waals surface area contributed by atoms with E-state index in [-0.39, 0.29) is 23.8 Å². The van der Waals surface area contributed by atoms with E-state index in [1.807, 2.05) is 0 Å². The predicted octanol–water partition coefficient (Wildman–Crippen LogP) is 0.243. The van der Waals surface area contributed by atoms with Gasteiger partial charge in [-0.15, -0.1) is 0 Å². The molecule has 0 unspecified atom stereocenters. The maximum atomic E-state index is 12.0. The zero-order valence-corrected chi connectivity index (χ0v) is 11.1. The van der Waals surface area contributed by atoms with Gasteiger partial charge in [-0.3, -0.25) is 9.59 Å². The molecule has 0 spiro atoms. The van der Waals surface area contributed by atoms with Crippen LogP contribution in [0.2, 0.25) is 0 Å². The Morgan fingerprint density at radius 2 is 2.06 bits per heavy atom. The Labute approximate surface area is 108 Å². The van der Waals surface area contributed by atoms with Crippen LogP contribution in [0.5, 0.6) is 0 Å². The molecule has 2 amide bonds. The highest BCUT2D eigenvalue weighted by Gasteiger charge is 2.38. The molecule has 0 aromatic heterocycles. The van der Waals surface area contributed by atoms with E-state index in [4.69, 9.17) is 5.73 Å². The Bertz CT molecular complexity index is 330. The van der Waals surface area contributed by atoms with Gasteiger partial charge in [0.05, 0.1) is 6.54 Å². The van der Waals surface area contributed by atoms with Crippen molar-refractivity contribution >= 4 is 11.8 Å². The van der Waals surface area contributed by atoms with Crippen LogP contribution in [0.15, 0.2) is 0 Å². The van der Waals surface area contributed by atoms with Gasteiger partial charge in [-0.2, -0.15) is 0 Å². The molecule has 2 fully saturated rings. The third-order valence-corrected chi connectivity index (χ3v) is 4.12. The molecule has 102 valence electrons. The van der Waals surface area contributed by atoms with Gasteiger partial charge in [0.2, 0.25) is 11.8 Å². The maximum Gasteiger partial charge on any atom is 0.239 e. The average Bonchev–Trinajstić information content (AvgIpc) is 3.06. The lowest BCUT2D eigenvalue weighted by molar-refractivity contribution is -0.137. The summed E-state index contributed by atoms with van der Waals surface area (Å²) in [7, 11) is 1.69. The Kier molecular flexibility index (Phi) is 3.90. The van der Waals surface area contributed by atoms with Gasteiger partial charge in [0.15, 0.2) is 0 Å². The van der Waals surface area contributed by atoms with Crippen molar-refractivity contribution in [2.75, 3.05) is 20.1 Å². The minimum Gasteiger partial charge on any atom is -0.352 e. The zero-order valence-electron chi connectivity index (χ0n) is 11.1. The average molecular weight is 253 g/mol. The normalized spacial score (nSPS) is 21.0. The van der Waals surface area contributed by atoms with Gasteiger partial charge in [-0.05, 0) is 37.6 Å². The van der Waals surface area contributed by atoms with Crippen molar-refractivity contribution in [1.82, 2.24) is 10.2 Å². The lowest BCUT2D eigenvalue weighted by Gasteiger charge is -2.41. The molecule has 0 aromatic carbocycles. The van der Waals surface area contributed by atoms with E-state index in [0.717, 1.165) is 32.1 Å². The summed E-state index contributed by atoms with van der Waals surface area (Å²) in [5, 5.41) is 2.89. The molecule has 2 aliphatic carbocycles. The molecule has 0 aliphatic heterocycles. The number of rotatable bonds is 6. The van der Waals surface area contributed by atoms with Crippen LogP contribution in [-0.4, -0.2) is 42.9 Å². The molecule has 0 radical (unpaired) electrons. The highest BCUT2D eigenvalue weighted by Crippen LogP contribution is 2.43. The molecule has 0 aromatic rings. The van der Waals surface area contributed by atoms with Crippen LogP contribution in [0.1, 0.15) is 38.5 Å². The highest BCUT2D eigenvalue weighted by atomic mass is 16.2. The molecular formula is C13H23N3O2. The summed E-state index contributed by atoms with van der Waals surface area (Å²) < 4.78 is 0. The first-order valence-electron chi connectivity index (χ1n) is 6.78. The first-order chi connectivity index (χ1) is 8.54. The summed E-state index contributed by atoms with van der Waals surface area (Å²) in [5.74, 6) is -0.0187. The van der Waals surface area contributed by atoms with Gasteiger partial charge >= 0.3 is 0 Å². The van der Waals surface area contributed by atoms with Gasteiger partial charge in [0.25, 0.3) is 0 Å². The number of nitrogens with zero attached hydrogens (tertiary/aromatic N) is 1. The minimum atomic E-state index is -0.0521. The number of hydrogen-bond donors (Lipinski definition) is 2. The largest absolute Gasteiger partial charge is 0.352 e.